The number of ether oxygens (including phenoxy) is 2. The van der Waals surface area contributed by atoms with E-state index in [4.69, 9.17) is 99.9 Å². The number of para-hydroxylation sites is 2. The number of likely N-dealkylation sites (N-methyl/N-ethyl adjacent to an activating group) is 4. The van der Waals surface area contributed by atoms with Crippen LogP contribution in [0.2, 0.25) is 0 Å². The van der Waals surface area contributed by atoms with E-state index >= 15 is 0 Å². The fraction of sp³-hybridized carbons (Fsp3) is 0.375. The number of nitro benzene ring substituents is 3. The van der Waals surface area contributed by atoms with Crippen molar-refractivity contribution in [3.05, 3.63) is 268 Å². The van der Waals surface area contributed by atoms with Gasteiger partial charge in [0.1, 0.15) is 11.5 Å². The van der Waals surface area contributed by atoms with Gasteiger partial charge in [-0.05, 0) is 147 Å². The van der Waals surface area contributed by atoms with Gasteiger partial charge in [0.15, 0.2) is 0 Å². The minimum absolute atomic E-state index is 0.0554. The number of carbonyl (C=O) groups excluding carboxylic acids is 2. The van der Waals surface area contributed by atoms with Crippen molar-refractivity contribution < 1.29 is 164 Å². The van der Waals surface area contributed by atoms with Crippen molar-refractivity contribution in [1.82, 2.24) is 39.6 Å². The molecule has 718 valence electrons. The third-order valence-electron chi connectivity index (χ3n) is 18.1. The van der Waals surface area contributed by atoms with Crippen LogP contribution >= 0.6 is 33.9 Å². The molecule has 4 fully saturated rings. The van der Waals surface area contributed by atoms with Gasteiger partial charge in [-0.2, -0.15) is 65.9 Å². The zero-order chi connectivity index (χ0) is 127. The number of carbonyl (C=O) groups is 2. The number of anilines is 2. The molecule has 4 aliphatic heterocycles. The number of rotatable bonds is 15. The molecular formula is C80H123Cl3F15N13O13S. The van der Waals surface area contributed by atoms with Crippen molar-refractivity contribution in [3.8, 4) is 11.5 Å². The highest BCUT2D eigenvalue weighted by atomic mass is 35.7. The smallest absolute Gasteiger partial charge is 0.415 e. The number of hydrogen-bond acceptors (Lipinski definition) is 22. The average Bonchev–Trinajstić information content (AvgIpc) is 0.833. The summed E-state index contributed by atoms with van der Waals surface area (Å²) < 4.78 is 391. The number of nitrogen functional groups attached to an aromatic ring is 1. The molecular weight excluding hydrogens is 1770 g/mol. The number of benzene rings is 8. The molecule has 8 aromatic rings. The summed E-state index contributed by atoms with van der Waals surface area (Å²) in [5.74, 6) is 0.567. The molecule has 0 atom stereocenters. The molecule has 4 aliphatic rings. The number of nitrogens with one attached hydrogen (secondary N) is 2. The molecule has 4 heterocycles. The van der Waals surface area contributed by atoms with Crippen LogP contribution in [0.4, 0.5) is 104 Å². The first-order valence-electron chi connectivity index (χ1n) is 54.4. The number of aliphatic hydroxyl groups excluding tert-OH is 1. The Morgan fingerprint density at radius 3 is 1.08 bits per heavy atom. The number of nitrogens with zero attached hydrogens (tertiary/aromatic N) is 10. The molecule has 4 saturated heterocycles. The van der Waals surface area contributed by atoms with Gasteiger partial charge in [-0.15, -0.1) is 11.6 Å². The van der Waals surface area contributed by atoms with Crippen molar-refractivity contribution in [2.45, 2.75) is 67.9 Å². The van der Waals surface area contributed by atoms with E-state index in [0.717, 1.165) is 134 Å². The molecule has 125 heavy (non-hydrogen) atoms. The predicted octanol–water partition coefficient (Wildman–Crippen LogP) is 21.7. The average molecular weight is 1930 g/mol. The molecule has 5 N–H and O–H groups in total. The number of nitro groups is 3. The number of nitrogens with two attached hydrogens (primary N) is 1. The largest absolute Gasteiger partial charge is 0.417 e. The van der Waals surface area contributed by atoms with E-state index in [1.807, 2.05) is 32.1 Å². The van der Waals surface area contributed by atoms with Crippen molar-refractivity contribution in [2.75, 3.05) is 144 Å². The molecule has 0 unspecified atom stereocenters. The summed E-state index contributed by atoms with van der Waals surface area (Å²) in [5, 5.41) is 45.8. The zero-order valence-corrected chi connectivity index (χ0v) is 70.4. The normalized spacial score (nSPS) is 16.3. The lowest BCUT2D eigenvalue weighted by Crippen LogP contribution is -2.43. The number of amides is 1. The van der Waals surface area contributed by atoms with Crippen LogP contribution in [-0.4, -0.2) is 207 Å². The Bertz CT molecular complexity index is 4910. The van der Waals surface area contributed by atoms with E-state index in [9.17, 15) is 114 Å². The van der Waals surface area contributed by atoms with Crippen LogP contribution in [0.25, 0.3) is 0 Å². The highest BCUT2D eigenvalue weighted by molar-refractivity contribution is 8.13. The van der Waals surface area contributed by atoms with Gasteiger partial charge in [0.2, 0.25) is 0 Å². The molecule has 0 bridgehead atoms. The van der Waals surface area contributed by atoms with Crippen LogP contribution in [0.5, 0.6) is 11.5 Å². The SMILES string of the molecule is CN1CCN(Cc2cc(N)cc(C(F)(F)F)c2)CC1.CN1CCN(Cc2cc(NC(=O)Oc3ccccc3)cc(C(F)(F)F)c2)CC1.CN1CCN(Cc2cc([N+](=O)[O-])cc(C(F)(F)F)c2)CC1.CN1CCNCC1.O=C(Cl)Oc1ccccc1.O=S(=O)(Cl)c1ccccc1.O=[N+]([O-])c1cc(CCl)cc(C(F)(F)F)c1.O=[N+]([O-])c1cc(CO)cc(C(F)(F)F)c1.[2H][2H].[2H][2H].[2H][2H].[2H][2H].[2H][2H].[2H][2H].[2H][2H].[2H][2H].[2H][2H].[2H][2H].[2H][2H].[2H][2H].[2H][2H].[2H][2H].[2H][2H].[2H][2H].[2H][2H]. The van der Waals surface area contributed by atoms with Crippen molar-refractivity contribution in [3.63, 3.8) is 0 Å². The summed E-state index contributed by atoms with van der Waals surface area (Å²) in [7, 11) is 9.69. The molecule has 0 aromatic heterocycles. The lowest BCUT2D eigenvalue weighted by Gasteiger charge is -2.32. The number of hydrogen-bond donors (Lipinski definition) is 4. The summed E-state index contributed by atoms with van der Waals surface area (Å²) in [5.41, 5.74) is -0.129. The molecule has 12 rings (SSSR count). The number of alkyl halides is 16. The first-order chi connectivity index (χ1) is 75.4. The highest BCUT2D eigenvalue weighted by Crippen LogP contribution is 2.38. The Balaban J connectivity index is -0.000000136. The fourth-order valence-electron chi connectivity index (χ4n) is 11.6. The summed E-state index contributed by atoms with van der Waals surface area (Å²) in [6.45, 7) is 15.3. The quantitative estimate of drug-likeness (QED) is 0.0185. The van der Waals surface area contributed by atoms with Crippen LogP contribution in [0.1, 0.15) is 106 Å². The monoisotopic (exact) mass is 1930 g/mol. The van der Waals surface area contributed by atoms with Crippen LogP contribution in [0, 0.1) is 30.3 Å². The van der Waals surface area contributed by atoms with E-state index in [0.29, 0.717) is 72.1 Å². The number of piperazine rings is 4. The standard InChI is InChI=1S/C20H22F3N3O2.C13H16F3N3O2.C13H18F3N3.C8H5ClF3NO2.C8H6F3NO3.C7H5ClO2.C6H5ClO2S.C5H12N2.17H2/c1-25-7-9-26(10-8-25)14-15-11-16(20(21,22)23)13-17(12-15)24-19(27)28-18-5-3-2-4-6-18;1-17-2-4-18(5-3-17)9-10-6-11(13(14,15)16)8-12(7-10)19(20)21;1-18-2-4-19(5-3-18)9-10-6-11(13(14,15)16)8-12(17)7-10;9-4-5-1-6(8(10,11)12)3-7(2-5)13(14)15;9-8(10,11)6-1-5(4-13)2-7(3-6)12(14)15;8-7(9)10-6-4-2-1-3-5-6;7-10(8,9)6-4-2-1-3-5-6;1-7-4-2-6-3-5-7;;;;;;;;;;;;;;;;;/h2-6,11-13H,7-10,14H2,1H3,(H,24,27);6-8H,2-5,9H2,1H3;6-8H,2-5,9,17H2,1H3;1-3H,4H2;1-3,13H,4H2;2*1-5H;6H,2-5H2,1H3;17*1H/i;;;;;;;;17*1+1D. The van der Waals surface area contributed by atoms with Crippen molar-refractivity contribution >= 4 is 82.9 Å². The summed E-state index contributed by atoms with van der Waals surface area (Å²) in [4.78, 5) is 66.3. The van der Waals surface area contributed by atoms with Gasteiger partial charge in [-0.25, -0.2) is 18.0 Å². The maximum atomic E-state index is 13.3. The van der Waals surface area contributed by atoms with E-state index in [1.165, 1.54) is 37.4 Å². The molecule has 0 spiro atoms. The Morgan fingerprint density at radius 1 is 0.456 bits per heavy atom. The first-order valence-corrected chi connectivity index (χ1v) is 40.6. The Labute approximate surface area is 776 Å². The molecule has 0 radical (unpaired) electrons. The first kappa shape index (κ1) is 80.7. The maximum absolute atomic E-state index is 13.3. The number of non-ortho nitro benzene ring substituents is 3. The Kier molecular flexibility index (Phi) is 32.1. The molecule has 45 heteroatoms. The van der Waals surface area contributed by atoms with Crippen molar-refractivity contribution in [2.24, 2.45) is 0 Å². The predicted molar refractivity (Wildman–Crippen MR) is 476 cm³/mol. The Hall–Kier alpha value is -10.1. The third-order valence-corrected chi connectivity index (χ3v) is 19.8. The molecule has 0 aliphatic carbocycles. The maximum Gasteiger partial charge on any atom is 0.417 e. The minimum atomic E-state index is -4.66. The molecule has 8 aromatic carbocycles. The topological polar surface area (TPSA) is 309 Å². The summed E-state index contributed by atoms with van der Waals surface area (Å²) in [6, 6.07) is 39.3. The second-order valence-electron chi connectivity index (χ2n) is 28.1. The van der Waals surface area contributed by atoms with Gasteiger partial charge < -0.3 is 45.2 Å². The van der Waals surface area contributed by atoms with Gasteiger partial charge in [-0.3, -0.25) is 50.4 Å². The minimum Gasteiger partial charge on any atom is -0.415 e. The second kappa shape index (κ2) is 49.7. The van der Waals surface area contributed by atoms with Gasteiger partial charge in [0.05, 0.1) is 54.1 Å². The summed E-state index contributed by atoms with van der Waals surface area (Å²) >= 11 is 10.3. The van der Waals surface area contributed by atoms with Gasteiger partial charge in [0, 0.05) is 251 Å². The zero-order valence-electron chi connectivity index (χ0n) is 101. The van der Waals surface area contributed by atoms with Crippen LogP contribution < -0.4 is 25.8 Å². The third kappa shape index (κ3) is 40.4. The highest BCUT2D eigenvalue weighted by Gasteiger charge is 2.37. The summed E-state index contributed by atoms with van der Waals surface area (Å²) in [6.07, 6.45) is -23.5. The van der Waals surface area contributed by atoms with E-state index in [-0.39, 0.29) is 33.3 Å². The lowest BCUT2D eigenvalue weighted by atomic mass is 10.1. The second-order valence-corrected chi connectivity index (χ2v) is 31.3. The van der Waals surface area contributed by atoms with E-state index < -0.39 is 118 Å². The fourth-order valence-corrected chi connectivity index (χ4v) is 12.6. The Morgan fingerprint density at radius 2 is 0.760 bits per heavy atom. The number of aliphatic hydroxyl groups is 1. The number of halogens is 18. The van der Waals surface area contributed by atoms with Crippen LogP contribution in [-0.2, 0) is 72.1 Å². The van der Waals surface area contributed by atoms with Crippen molar-refractivity contribution in [1.29, 1.82) is 0 Å². The van der Waals surface area contributed by atoms with E-state index in [1.54, 1.807) is 84.9 Å². The van der Waals surface area contributed by atoms with Crippen LogP contribution in [0.15, 0.2) is 187 Å². The molecule has 1 amide bonds. The van der Waals surface area contributed by atoms with Gasteiger partial charge in [-0.1, -0.05) is 54.6 Å². The van der Waals surface area contributed by atoms with Crippen LogP contribution in [0.3, 0.4) is 0 Å². The van der Waals surface area contributed by atoms with Gasteiger partial charge >= 0.3 is 42.4 Å². The van der Waals surface area contributed by atoms with E-state index in [2.05, 4.69) is 51.8 Å². The van der Waals surface area contributed by atoms with Gasteiger partial charge in [0.25, 0.3) is 26.1 Å². The lowest BCUT2D eigenvalue weighted by molar-refractivity contribution is -0.385. The molecule has 0 saturated carbocycles. The molecule has 26 nitrogen and oxygen atoms in total.